The number of ether oxygens (including phenoxy) is 1. The molecule has 0 fully saturated rings. The Hall–Kier alpha value is -4.06. The molecule has 40 heavy (non-hydrogen) atoms. The number of benzene rings is 2. The van der Waals surface area contributed by atoms with Crippen molar-refractivity contribution in [2.24, 2.45) is 0 Å². The molecule has 1 aromatic heterocycles. The number of nitrogens with zero attached hydrogens (tertiary/aromatic N) is 1. The number of rotatable bonds is 5. The van der Waals surface area contributed by atoms with Crippen LogP contribution in [-0.4, -0.2) is 37.1 Å². The van der Waals surface area contributed by atoms with Gasteiger partial charge < -0.3 is 20.0 Å². The van der Waals surface area contributed by atoms with Crippen LogP contribution in [-0.2, 0) is 11.4 Å². The third-order valence-electron chi connectivity index (χ3n) is 6.54. The number of carbonyl (C=O) groups excluding carboxylic acids is 1. The van der Waals surface area contributed by atoms with Gasteiger partial charge in [0.05, 0.1) is 11.9 Å². The summed E-state index contributed by atoms with van der Waals surface area (Å²) in [5.41, 5.74) is 10.2. The molecule has 2 heterocycles. The van der Waals surface area contributed by atoms with Crippen molar-refractivity contribution in [1.29, 1.82) is 0 Å². The second-order valence-electron chi connectivity index (χ2n) is 9.33. The van der Waals surface area contributed by atoms with E-state index >= 15 is 0 Å². The molecule has 3 aromatic rings. The highest BCUT2D eigenvalue weighted by Gasteiger charge is 2.09. The van der Waals surface area contributed by atoms with Crippen LogP contribution in [0.15, 0.2) is 114 Å². The Labute approximate surface area is 239 Å². The minimum atomic E-state index is 0.568. The summed E-state index contributed by atoms with van der Waals surface area (Å²) in [7, 11) is 1.00. The minimum Gasteiger partial charge on any atom is -0.487 e. The quantitative estimate of drug-likeness (QED) is 0.362. The molecule has 0 spiro atoms. The number of aliphatic hydroxyl groups is 1. The Bertz CT molecular complexity index is 1290. The van der Waals surface area contributed by atoms with Crippen LogP contribution in [0.2, 0.25) is 0 Å². The Kier molecular flexibility index (Phi) is 14.7. The van der Waals surface area contributed by atoms with Crippen LogP contribution in [0.5, 0.6) is 5.75 Å². The van der Waals surface area contributed by atoms with E-state index in [1.165, 1.54) is 33.4 Å². The van der Waals surface area contributed by atoms with Crippen LogP contribution in [0, 0.1) is 13.8 Å². The standard InChI is InChI=1S/C20H19NO.C13H17N.CH4O.CH2O/c1-15-7-9-17(10-8-15)20-12-11-19(13-21-20)22-14-18-6-4-3-5-16(18)2;1-11-5-3-2-4-6-13(11)12-7-9-14-10-8-12;2*1-2/h3-13H,14H2,1-2H3;2-4,6-7,14H,5,8-10H2,1H3;2H,1H3;1H2. The predicted octanol–water partition coefficient (Wildman–Crippen LogP) is 7.11. The van der Waals surface area contributed by atoms with Crippen molar-refractivity contribution < 1.29 is 14.6 Å². The van der Waals surface area contributed by atoms with Gasteiger partial charge in [0.25, 0.3) is 0 Å². The maximum atomic E-state index is 8.00. The van der Waals surface area contributed by atoms with Gasteiger partial charge in [0.2, 0.25) is 0 Å². The highest BCUT2D eigenvalue weighted by atomic mass is 16.5. The van der Waals surface area contributed by atoms with E-state index in [1.54, 1.807) is 6.20 Å². The molecule has 0 atom stereocenters. The summed E-state index contributed by atoms with van der Waals surface area (Å²) in [6.07, 6.45) is 15.1. The number of carbonyl (C=O) groups is 1. The minimum absolute atomic E-state index is 0.568. The monoisotopic (exact) mass is 538 g/mol. The molecule has 1 aliphatic heterocycles. The van der Waals surface area contributed by atoms with Crippen LogP contribution in [0.1, 0.15) is 36.5 Å². The molecular weight excluding hydrogens is 496 g/mol. The van der Waals surface area contributed by atoms with E-state index in [-0.39, 0.29) is 0 Å². The third kappa shape index (κ3) is 10.3. The maximum absolute atomic E-state index is 8.00. The van der Waals surface area contributed by atoms with Crippen molar-refractivity contribution in [3.8, 4) is 17.0 Å². The van der Waals surface area contributed by atoms with Gasteiger partial charge in [0, 0.05) is 19.2 Å². The highest BCUT2D eigenvalue weighted by molar-refractivity contribution is 5.59. The van der Waals surface area contributed by atoms with Crippen LogP contribution >= 0.6 is 0 Å². The Morgan fingerprint density at radius 3 is 2.35 bits per heavy atom. The van der Waals surface area contributed by atoms with Crippen molar-refractivity contribution in [2.45, 2.75) is 40.2 Å². The van der Waals surface area contributed by atoms with Crippen molar-refractivity contribution >= 4 is 6.79 Å². The molecule has 0 amide bonds. The number of hydrogen-bond donors (Lipinski definition) is 2. The topological polar surface area (TPSA) is 71.5 Å². The molecule has 210 valence electrons. The Morgan fingerprint density at radius 1 is 0.950 bits per heavy atom. The van der Waals surface area contributed by atoms with E-state index in [1.807, 2.05) is 31.1 Å². The molecule has 5 nitrogen and oxygen atoms in total. The van der Waals surface area contributed by atoms with E-state index < -0.39 is 0 Å². The largest absolute Gasteiger partial charge is 0.487 e. The fourth-order valence-electron chi connectivity index (χ4n) is 4.27. The normalized spacial score (nSPS) is 13.8. The summed E-state index contributed by atoms with van der Waals surface area (Å²) >= 11 is 0. The van der Waals surface area contributed by atoms with E-state index in [0.717, 1.165) is 50.0 Å². The van der Waals surface area contributed by atoms with E-state index in [2.05, 4.69) is 97.9 Å². The lowest BCUT2D eigenvalue weighted by Crippen LogP contribution is -2.21. The number of aliphatic hydroxyl groups excluding tert-OH is 1. The average molecular weight is 539 g/mol. The molecule has 0 saturated carbocycles. The zero-order chi connectivity index (χ0) is 29.2. The zero-order valence-electron chi connectivity index (χ0n) is 24.2. The summed E-state index contributed by atoms with van der Waals surface area (Å²) in [5.74, 6) is 0.791. The summed E-state index contributed by atoms with van der Waals surface area (Å²) in [4.78, 5) is 12.5. The van der Waals surface area contributed by atoms with Gasteiger partial charge >= 0.3 is 0 Å². The van der Waals surface area contributed by atoms with Crippen molar-refractivity contribution in [3.05, 3.63) is 131 Å². The van der Waals surface area contributed by atoms with Gasteiger partial charge in [-0.05, 0) is 74.6 Å². The fraction of sp³-hybridized carbons (Fsp3) is 0.257. The Morgan fingerprint density at radius 2 is 1.70 bits per heavy atom. The first-order valence-electron chi connectivity index (χ1n) is 13.5. The molecule has 0 radical (unpaired) electrons. The second kappa shape index (κ2) is 18.3. The van der Waals surface area contributed by atoms with E-state index in [9.17, 15) is 0 Å². The van der Waals surface area contributed by atoms with Crippen LogP contribution < -0.4 is 10.1 Å². The number of nitrogens with one attached hydrogen (secondary N) is 1. The van der Waals surface area contributed by atoms with Crippen LogP contribution in [0.4, 0.5) is 0 Å². The smallest absolute Gasteiger partial charge is 0.138 e. The van der Waals surface area contributed by atoms with E-state index in [0.29, 0.717) is 6.61 Å². The predicted molar refractivity (Wildman–Crippen MR) is 166 cm³/mol. The number of allylic oxidation sites excluding steroid dienone is 6. The molecule has 1 aliphatic carbocycles. The third-order valence-corrected chi connectivity index (χ3v) is 6.54. The lowest BCUT2D eigenvalue weighted by molar-refractivity contribution is -0.0980. The number of pyridine rings is 1. The number of aryl methyl sites for hydroxylation is 2. The van der Waals surface area contributed by atoms with Crippen molar-refractivity contribution in [1.82, 2.24) is 10.3 Å². The lowest BCUT2D eigenvalue weighted by atomic mass is 9.95. The number of hydrogen-bond acceptors (Lipinski definition) is 5. The van der Waals surface area contributed by atoms with Gasteiger partial charge in [-0.25, -0.2) is 0 Å². The molecule has 2 aromatic carbocycles. The lowest BCUT2D eigenvalue weighted by Gasteiger charge is -2.16. The molecular formula is C35H42N2O3. The summed E-state index contributed by atoms with van der Waals surface area (Å²) < 4.78 is 5.82. The average Bonchev–Trinajstić information content (AvgIpc) is 3.24. The van der Waals surface area contributed by atoms with Gasteiger partial charge in [0.15, 0.2) is 0 Å². The molecule has 0 saturated heterocycles. The summed E-state index contributed by atoms with van der Waals surface area (Å²) in [5, 5.41) is 10.3. The van der Waals surface area contributed by atoms with Gasteiger partial charge in [-0.1, -0.05) is 90.0 Å². The van der Waals surface area contributed by atoms with Gasteiger partial charge in [-0.2, -0.15) is 0 Å². The first kappa shape index (κ1) is 32.2. The van der Waals surface area contributed by atoms with Crippen LogP contribution in [0.3, 0.4) is 0 Å². The maximum Gasteiger partial charge on any atom is 0.138 e. The van der Waals surface area contributed by atoms with Crippen molar-refractivity contribution in [3.63, 3.8) is 0 Å². The second-order valence-corrected chi connectivity index (χ2v) is 9.33. The molecule has 2 N–H and O–H groups in total. The van der Waals surface area contributed by atoms with E-state index in [4.69, 9.17) is 14.6 Å². The first-order chi connectivity index (χ1) is 19.6. The first-order valence-corrected chi connectivity index (χ1v) is 13.5. The number of aromatic nitrogens is 1. The summed E-state index contributed by atoms with van der Waals surface area (Å²) in [6, 6.07) is 20.6. The van der Waals surface area contributed by atoms with Gasteiger partial charge in [-0.15, -0.1) is 0 Å². The van der Waals surface area contributed by atoms with Crippen molar-refractivity contribution in [2.75, 3.05) is 20.2 Å². The highest BCUT2D eigenvalue weighted by Crippen LogP contribution is 2.24. The molecule has 0 unspecified atom stereocenters. The summed E-state index contributed by atoms with van der Waals surface area (Å²) in [6.45, 7) is 11.1. The fourth-order valence-corrected chi connectivity index (χ4v) is 4.27. The Balaban J connectivity index is 0.000000268. The van der Waals surface area contributed by atoms with Gasteiger partial charge in [-0.3, -0.25) is 4.98 Å². The zero-order valence-corrected chi connectivity index (χ0v) is 24.2. The van der Waals surface area contributed by atoms with Crippen LogP contribution in [0.25, 0.3) is 11.3 Å². The molecule has 0 bridgehead atoms. The SMILES string of the molecule is C=O.CC1=C(C2=CCNCC2)C=CC=CC1.CO.Cc1ccc(-c2ccc(OCc3ccccc3C)cn2)cc1. The molecule has 2 aliphatic rings. The molecule has 5 rings (SSSR count). The molecule has 5 heteroatoms. The van der Waals surface area contributed by atoms with Gasteiger partial charge in [0.1, 0.15) is 19.1 Å².